The molecule has 2 nitrogen and oxygen atoms in total. The Kier molecular flexibility index (Phi) is 1.01. The molecule has 2 aliphatic rings. The predicted octanol–water partition coefficient (Wildman–Crippen LogP) is 0.675. The molecule has 1 saturated heterocycles. The van der Waals surface area contributed by atoms with Crippen LogP contribution in [0.25, 0.3) is 0 Å². The molecule has 2 heteroatoms. The van der Waals surface area contributed by atoms with Gasteiger partial charge in [0.2, 0.25) is 5.91 Å². The lowest BCUT2D eigenvalue weighted by Gasteiger charge is -2.40. The molecule has 0 bridgehead atoms. The highest BCUT2D eigenvalue weighted by atomic mass is 16.2. The van der Waals surface area contributed by atoms with Gasteiger partial charge in [-0.15, -0.1) is 0 Å². The first-order chi connectivity index (χ1) is 4.38. The van der Waals surface area contributed by atoms with Crippen LogP contribution in [0, 0.1) is 5.92 Å². The highest BCUT2D eigenvalue weighted by molar-refractivity contribution is 5.85. The van der Waals surface area contributed by atoms with Crippen LogP contribution in [-0.4, -0.2) is 11.9 Å². The molecule has 9 heavy (non-hydrogen) atoms. The number of hydrogen-bond donors (Lipinski definition) is 1. The van der Waals surface area contributed by atoms with E-state index in [0.29, 0.717) is 17.9 Å². The fraction of sp³-hybridized carbons (Fsp3) is 0.857. The minimum atomic E-state index is 0.291. The summed E-state index contributed by atoms with van der Waals surface area (Å²) in [4.78, 5) is 10.8. The zero-order valence-electron chi connectivity index (χ0n) is 5.39. The molecular weight excluding hydrogens is 114 g/mol. The average Bonchev–Trinajstić information content (AvgIpc) is 1.86. The SMILES string of the molecule is O=C1N[C@@H]2CCCC[C@@H]12. The van der Waals surface area contributed by atoms with Gasteiger partial charge in [-0.3, -0.25) is 4.79 Å². The summed E-state index contributed by atoms with van der Waals surface area (Å²) in [5.41, 5.74) is 0. The van der Waals surface area contributed by atoms with E-state index >= 15 is 0 Å². The Hall–Kier alpha value is -0.530. The Morgan fingerprint density at radius 2 is 2.11 bits per heavy atom. The number of carbonyl (C=O) groups is 1. The average molecular weight is 125 g/mol. The molecule has 1 amide bonds. The minimum absolute atomic E-state index is 0.291. The van der Waals surface area contributed by atoms with E-state index in [4.69, 9.17) is 0 Å². The topological polar surface area (TPSA) is 29.1 Å². The van der Waals surface area contributed by atoms with Crippen LogP contribution < -0.4 is 5.32 Å². The first kappa shape index (κ1) is 5.27. The Labute approximate surface area is 54.6 Å². The van der Waals surface area contributed by atoms with Crippen LogP contribution in [0.2, 0.25) is 0 Å². The van der Waals surface area contributed by atoms with Crippen molar-refractivity contribution in [3.05, 3.63) is 0 Å². The summed E-state index contributed by atoms with van der Waals surface area (Å²) < 4.78 is 0. The summed E-state index contributed by atoms with van der Waals surface area (Å²) in [7, 11) is 0. The van der Waals surface area contributed by atoms with Crippen LogP contribution >= 0.6 is 0 Å². The second kappa shape index (κ2) is 1.72. The van der Waals surface area contributed by atoms with Gasteiger partial charge in [0.05, 0.1) is 5.92 Å². The Balaban J connectivity index is 2.01. The lowest BCUT2D eigenvalue weighted by atomic mass is 9.78. The number of amides is 1. The van der Waals surface area contributed by atoms with Crippen LogP contribution in [0.1, 0.15) is 25.7 Å². The van der Waals surface area contributed by atoms with E-state index < -0.39 is 0 Å². The van der Waals surface area contributed by atoms with E-state index in [9.17, 15) is 4.79 Å². The molecule has 1 saturated carbocycles. The summed E-state index contributed by atoms with van der Waals surface area (Å²) in [5, 5.41) is 2.91. The molecule has 0 aromatic heterocycles. The zero-order chi connectivity index (χ0) is 6.27. The molecule has 0 aromatic carbocycles. The largest absolute Gasteiger partial charge is 0.352 e. The highest BCUT2D eigenvalue weighted by Gasteiger charge is 2.39. The van der Waals surface area contributed by atoms with E-state index in [2.05, 4.69) is 5.32 Å². The number of rotatable bonds is 0. The second-order valence-electron chi connectivity index (χ2n) is 3.01. The maximum atomic E-state index is 10.8. The summed E-state index contributed by atoms with van der Waals surface area (Å²) in [6.45, 7) is 0. The fourth-order valence-electron chi connectivity index (χ4n) is 1.81. The summed E-state index contributed by atoms with van der Waals surface area (Å²) in [6.07, 6.45) is 4.92. The zero-order valence-corrected chi connectivity index (χ0v) is 5.39. The van der Waals surface area contributed by atoms with Crippen LogP contribution in [-0.2, 0) is 4.79 Å². The lowest BCUT2D eigenvalue weighted by Crippen LogP contribution is -2.59. The Morgan fingerprint density at radius 3 is 2.67 bits per heavy atom. The van der Waals surface area contributed by atoms with Crippen LogP contribution in [0.15, 0.2) is 0 Å². The van der Waals surface area contributed by atoms with E-state index in [1.807, 2.05) is 0 Å². The van der Waals surface area contributed by atoms with Crippen molar-refractivity contribution in [3.8, 4) is 0 Å². The van der Waals surface area contributed by atoms with Gasteiger partial charge < -0.3 is 5.32 Å². The van der Waals surface area contributed by atoms with Gasteiger partial charge in [-0.1, -0.05) is 12.8 Å². The number of fused-ring (bicyclic) bond motifs is 1. The highest BCUT2D eigenvalue weighted by Crippen LogP contribution is 2.30. The van der Waals surface area contributed by atoms with Crippen molar-refractivity contribution < 1.29 is 4.79 Å². The van der Waals surface area contributed by atoms with Crippen LogP contribution in [0.5, 0.6) is 0 Å². The van der Waals surface area contributed by atoms with Crippen molar-refractivity contribution in [2.24, 2.45) is 5.92 Å². The van der Waals surface area contributed by atoms with Crippen molar-refractivity contribution in [1.82, 2.24) is 5.32 Å². The summed E-state index contributed by atoms with van der Waals surface area (Å²) >= 11 is 0. The molecule has 0 radical (unpaired) electrons. The molecule has 0 spiro atoms. The van der Waals surface area contributed by atoms with Gasteiger partial charge in [0.15, 0.2) is 0 Å². The maximum Gasteiger partial charge on any atom is 0.225 e. The van der Waals surface area contributed by atoms with Crippen molar-refractivity contribution >= 4 is 5.91 Å². The van der Waals surface area contributed by atoms with Crippen molar-refractivity contribution in [2.45, 2.75) is 31.7 Å². The summed E-state index contributed by atoms with van der Waals surface area (Å²) in [6, 6.07) is 0.561. The van der Waals surface area contributed by atoms with Crippen molar-refractivity contribution in [2.75, 3.05) is 0 Å². The molecule has 50 valence electrons. The minimum Gasteiger partial charge on any atom is -0.352 e. The van der Waals surface area contributed by atoms with Gasteiger partial charge in [-0.2, -0.15) is 0 Å². The molecule has 1 aliphatic carbocycles. The third kappa shape index (κ3) is 0.655. The monoisotopic (exact) mass is 125 g/mol. The number of β-lactam (4-membered cyclic amide) rings is 1. The van der Waals surface area contributed by atoms with Gasteiger partial charge in [-0.25, -0.2) is 0 Å². The lowest BCUT2D eigenvalue weighted by molar-refractivity contribution is -0.136. The van der Waals surface area contributed by atoms with E-state index in [0.717, 1.165) is 6.42 Å². The molecule has 0 unspecified atom stereocenters. The van der Waals surface area contributed by atoms with Gasteiger partial charge >= 0.3 is 0 Å². The maximum absolute atomic E-state index is 10.8. The fourth-order valence-corrected chi connectivity index (χ4v) is 1.81. The Bertz CT molecular complexity index is 144. The third-order valence-electron chi connectivity index (χ3n) is 2.43. The van der Waals surface area contributed by atoms with Crippen molar-refractivity contribution in [3.63, 3.8) is 0 Å². The van der Waals surface area contributed by atoms with Gasteiger partial charge in [0.25, 0.3) is 0 Å². The smallest absolute Gasteiger partial charge is 0.225 e. The van der Waals surface area contributed by atoms with Gasteiger partial charge in [0.1, 0.15) is 0 Å². The normalized spacial score (nSPS) is 40.7. The molecule has 2 rings (SSSR count). The Morgan fingerprint density at radius 1 is 1.33 bits per heavy atom. The number of carbonyl (C=O) groups excluding carboxylic acids is 1. The van der Waals surface area contributed by atoms with E-state index in [1.165, 1.54) is 19.3 Å². The van der Waals surface area contributed by atoms with Crippen LogP contribution in [0.4, 0.5) is 0 Å². The third-order valence-corrected chi connectivity index (χ3v) is 2.43. The number of hydrogen-bond acceptors (Lipinski definition) is 1. The molecule has 1 heterocycles. The predicted molar refractivity (Wildman–Crippen MR) is 33.9 cm³/mol. The van der Waals surface area contributed by atoms with Gasteiger partial charge in [-0.05, 0) is 12.8 Å². The quantitative estimate of drug-likeness (QED) is 0.474. The first-order valence-electron chi connectivity index (χ1n) is 3.68. The van der Waals surface area contributed by atoms with E-state index in [1.54, 1.807) is 0 Å². The molecule has 1 N–H and O–H groups in total. The van der Waals surface area contributed by atoms with E-state index in [-0.39, 0.29) is 0 Å². The molecule has 2 fully saturated rings. The first-order valence-corrected chi connectivity index (χ1v) is 3.68. The molecule has 0 aromatic rings. The standard InChI is InChI=1S/C7H11NO/c9-7-5-3-1-2-4-6(5)8-7/h5-6H,1-4H2,(H,8,9)/t5-,6-/m1/s1. The van der Waals surface area contributed by atoms with Gasteiger partial charge in [0, 0.05) is 6.04 Å². The van der Waals surface area contributed by atoms with Crippen LogP contribution in [0.3, 0.4) is 0 Å². The molecule has 1 aliphatic heterocycles. The number of nitrogens with one attached hydrogen (secondary N) is 1. The van der Waals surface area contributed by atoms with Crippen molar-refractivity contribution in [1.29, 1.82) is 0 Å². The molecule has 2 atom stereocenters. The second-order valence-corrected chi connectivity index (χ2v) is 3.01. The molecular formula is C7H11NO. The summed E-state index contributed by atoms with van der Waals surface area (Å²) in [5.74, 6) is 0.693.